The minimum atomic E-state index is -0.289. The lowest BCUT2D eigenvalue weighted by Crippen LogP contribution is -2.28. The molecule has 3 rings (SSSR count). The maximum Gasteiger partial charge on any atom is 0.226 e. The minimum absolute atomic E-state index is 0.0478. The molecule has 1 aromatic heterocycles. The van der Waals surface area contributed by atoms with Gasteiger partial charge < -0.3 is 10.6 Å². The Morgan fingerprint density at radius 2 is 1.74 bits per heavy atom. The van der Waals surface area contributed by atoms with Gasteiger partial charge in [0.2, 0.25) is 16.9 Å². The molecule has 9 heteroatoms. The van der Waals surface area contributed by atoms with Crippen LogP contribution < -0.4 is 10.6 Å². The van der Waals surface area contributed by atoms with Crippen molar-refractivity contribution in [2.45, 2.75) is 35.8 Å². The Labute approximate surface area is 188 Å². The van der Waals surface area contributed by atoms with E-state index in [4.69, 9.17) is 0 Å². The van der Waals surface area contributed by atoms with E-state index in [1.807, 2.05) is 37.3 Å². The molecular weight excluding hydrogens is 435 g/mol. The maximum absolute atomic E-state index is 13.0. The Balaban J connectivity index is 1.35. The summed E-state index contributed by atoms with van der Waals surface area (Å²) >= 11 is 2.87. The second kappa shape index (κ2) is 11.6. The Morgan fingerprint density at radius 3 is 2.48 bits per heavy atom. The van der Waals surface area contributed by atoms with Gasteiger partial charge in [-0.15, -0.1) is 10.2 Å². The van der Waals surface area contributed by atoms with Gasteiger partial charge in [-0.2, -0.15) is 0 Å². The average Bonchev–Trinajstić information content (AvgIpc) is 3.23. The lowest BCUT2D eigenvalue weighted by Gasteiger charge is -2.13. The molecule has 1 unspecified atom stereocenters. The highest BCUT2D eigenvalue weighted by atomic mass is 32.2. The molecule has 0 saturated carbocycles. The Morgan fingerprint density at radius 1 is 1.03 bits per heavy atom. The van der Waals surface area contributed by atoms with E-state index in [0.29, 0.717) is 11.7 Å². The van der Waals surface area contributed by atoms with Crippen molar-refractivity contribution in [2.24, 2.45) is 0 Å². The van der Waals surface area contributed by atoms with Crippen molar-refractivity contribution in [2.75, 3.05) is 11.9 Å². The number of hydrogen-bond acceptors (Lipinski definition) is 6. The number of rotatable bonds is 10. The third-order valence-corrected chi connectivity index (χ3v) is 6.52. The summed E-state index contributed by atoms with van der Waals surface area (Å²) in [5.74, 6) is 0.0489. The zero-order valence-corrected chi connectivity index (χ0v) is 18.6. The van der Waals surface area contributed by atoms with Crippen LogP contribution in [0.5, 0.6) is 0 Å². The van der Waals surface area contributed by atoms with E-state index < -0.39 is 0 Å². The summed E-state index contributed by atoms with van der Waals surface area (Å²) in [4.78, 5) is 24.1. The van der Waals surface area contributed by atoms with Gasteiger partial charge in [0, 0.05) is 25.1 Å². The van der Waals surface area contributed by atoms with E-state index in [1.54, 1.807) is 23.9 Å². The van der Waals surface area contributed by atoms with Gasteiger partial charge in [0.05, 0.1) is 0 Å². The van der Waals surface area contributed by atoms with Crippen LogP contribution in [0.25, 0.3) is 0 Å². The minimum Gasteiger partial charge on any atom is -0.355 e. The molecule has 0 radical (unpaired) electrons. The van der Waals surface area contributed by atoms with E-state index in [1.165, 1.54) is 29.0 Å². The largest absolute Gasteiger partial charge is 0.355 e. The monoisotopic (exact) mass is 458 g/mol. The van der Waals surface area contributed by atoms with Gasteiger partial charge in [0.1, 0.15) is 5.82 Å². The maximum atomic E-state index is 13.0. The second-order valence-electron chi connectivity index (χ2n) is 6.95. The van der Waals surface area contributed by atoms with Gasteiger partial charge in [0.25, 0.3) is 0 Å². The Hall–Kier alpha value is -2.78. The SMILES string of the molecule is CC(CNC(=O)CCC(=O)Nc1nnc(SCc2ccccc2)s1)c1ccc(F)cc1. The quantitative estimate of drug-likeness (QED) is 0.342. The van der Waals surface area contributed by atoms with Gasteiger partial charge in [-0.25, -0.2) is 4.39 Å². The van der Waals surface area contributed by atoms with Crippen molar-refractivity contribution in [3.8, 4) is 0 Å². The third-order valence-electron chi connectivity index (χ3n) is 4.48. The number of anilines is 1. The number of aromatic nitrogens is 2. The van der Waals surface area contributed by atoms with E-state index in [0.717, 1.165) is 15.7 Å². The highest BCUT2D eigenvalue weighted by Gasteiger charge is 2.12. The van der Waals surface area contributed by atoms with E-state index in [9.17, 15) is 14.0 Å². The second-order valence-corrected chi connectivity index (χ2v) is 9.15. The number of carbonyl (C=O) groups excluding carboxylic acids is 2. The molecule has 2 amide bonds. The number of thioether (sulfide) groups is 1. The van der Waals surface area contributed by atoms with E-state index >= 15 is 0 Å². The number of hydrogen-bond donors (Lipinski definition) is 2. The fourth-order valence-electron chi connectivity index (χ4n) is 2.71. The van der Waals surface area contributed by atoms with Crippen molar-refractivity contribution < 1.29 is 14.0 Å². The van der Waals surface area contributed by atoms with Crippen molar-refractivity contribution >= 4 is 40.0 Å². The summed E-state index contributed by atoms with van der Waals surface area (Å²) < 4.78 is 13.8. The molecule has 2 N–H and O–H groups in total. The first-order valence-corrected chi connectivity index (χ1v) is 11.6. The summed E-state index contributed by atoms with van der Waals surface area (Å²) in [5, 5.41) is 14.0. The number of nitrogens with one attached hydrogen (secondary N) is 2. The third kappa shape index (κ3) is 7.76. The van der Waals surface area contributed by atoms with Gasteiger partial charge in [0.15, 0.2) is 4.34 Å². The number of nitrogens with zero attached hydrogens (tertiary/aromatic N) is 2. The lowest BCUT2D eigenvalue weighted by molar-refractivity contribution is -0.124. The summed E-state index contributed by atoms with van der Waals surface area (Å²) in [7, 11) is 0. The molecule has 31 heavy (non-hydrogen) atoms. The molecule has 0 aliphatic heterocycles. The molecule has 3 aromatic rings. The summed E-state index contributed by atoms with van der Waals surface area (Å²) in [5.41, 5.74) is 2.13. The van der Waals surface area contributed by atoms with Crippen molar-refractivity contribution in [1.82, 2.24) is 15.5 Å². The van der Waals surface area contributed by atoms with Crippen LogP contribution in [0.3, 0.4) is 0 Å². The molecule has 0 aliphatic carbocycles. The summed E-state index contributed by atoms with van der Waals surface area (Å²) in [6.07, 6.45) is 0.138. The molecule has 1 heterocycles. The smallest absolute Gasteiger partial charge is 0.226 e. The topological polar surface area (TPSA) is 84.0 Å². The predicted molar refractivity (Wildman–Crippen MR) is 122 cm³/mol. The zero-order valence-electron chi connectivity index (χ0n) is 17.0. The fourth-order valence-corrected chi connectivity index (χ4v) is 4.44. The molecule has 0 saturated heterocycles. The van der Waals surface area contributed by atoms with Crippen LogP contribution in [0, 0.1) is 5.82 Å². The van der Waals surface area contributed by atoms with Crippen LogP contribution >= 0.6 is 23.1 Å². The van der Waals surface area contributed by atoms with E-state index in [-0.39, 0.29) is 36.4 Å². The number of amides is 2. The van der Waals surface area contributed by atoms with E-state index in [2.05, 4.69) is 20.8 Å². The molecule has 2 aromatic carbocycles. The van der Waals surface area contributed by atoms with Crippen LogP contribution in [0.15, 0.2) is 58.9 Å². The average molecular weight is 459 g/mol. The van der Waals surface area contributed by atoms with Crippen molar-refractivity contribution in [1.29, 1.82) is 0 Å². The first kappa shape index (κ1) is 22.9. The molecule has 0 spiro atoms. The molecule has 0 aliphatic rings. The van der Waals surface area contributed by atoms with Crippen LogP contribution in [0.4, 0.5) is 9.52 Å². The Kier molecular flexibility index (Phi) is 8.54. The molecule has 1 atom stereocenters. The number of halogens is 1. The highest BCUT2D eigenvalue weighted by Crippen LogP contribution is 2.28. The summed E-state index contributed by atoms with van der Waals surface area (Å²) in [6.45, 7) is 2.37. The fraction of sp³-hybridized carbons (Fsp3) is 0.273. The van der Waals surface area contributed by atoms with Crippen LogP contribution in [-0.2, 0) is 15.3 Å². The van der Waals surface area contributed by atoms with Crippen LogP contribution in [0.1, 0.15) is 36.8 Å². The van der Waals surface area contributed by atoms with Crippen molar-refractivity contribution in [3.05, 3.63) is 71.5 Å². The molecule has 0 bridgehead atoms. The number of benzene rings is 2. The summed E-state index contributed by atoms with van der Waals surface area (Å²) in [6, 6.07) is 16.2. The van der Waals surface area contributed by atoms with Gasteiger partial charge in [-0.05, 0) is 29.2 Å². The lowest BCUT2D eigenvalue weighted by atomic mass is 10.0. The van der Waals surface area contributed by atoms with Gasteiger partial charge >= 0.3 is 0 Å². The van der Waals surface area contributed by atoms with Crippen LogP contribution in [-0.4, -0.2) is 28.6 Å². The van der Waals surface area contributed by atoms with Gasteiger partial charge in [-0.1, -0.05) is 72.5 Å². The normalized spacial score (nSPS) is 11.7. The first-order chi connectivity index (χ1) is 15.0. The molecule has 6 nitrogen and oxygen atoms in total. The highest BCUT2D eigenvalue weighted by molar-refractivity contribution is 8.00. The zero-order chi connectivity index (χ0) is 22.1. The van der Waals surface area contributed by atoms with Gasteiger partial charge in [-0.3, -0.25) is 9.59 Å². The molecular formula is C22H23FN4O2S2. The first-order valence-electron chi connectivity index (χ1n) is 9.82. The predicted octanol–water partition coefficient (Wildman–Crippen LogP) is 4.61. The standard InChI is InChI=1S/C22H23FN4O2S2/c1-15(17-7-9-18(23)10-8-17)13-24-19(28)11-12-20(29)25-21-26-27-22(31-21)30-14-16-5-3-2-4-6-16/h2-10,15H,11-14H2,1H3,(H,24,28)(H,25,26,29). The number of carbonyl (C=O) groups is 2. The van der Waals surface area contributed by atoms with Crippen molar-refractivity contribution in [3.63, 3.8) is 0 Å². The molecule has 162 valence electrons. The Bertz CT molecular complexity index is 996. The van der Waals surface area contributed by atoms with Crippen LogP contribution in [0.2, 0.25) is 0 Å². The molecule has 0 fully saturated rings.